The molecule has 0 bridgehead atoms. The molecule has 0 aliphatic carbocycles. The SMILES string of the molecule is CCOC(=O)Cc1csc(NC(=O)C=Cc2cc(Br)c(OCc3ccccc3)c(OC)c2)n1. The van der Waals surface area contributed by atoms with Crippen LogP contribution in [-0.2, 0) is 27.4 Å². The van der Waals surface area contributed by atoms with Gasteiger partial charge in [-0.25, -0.2) is 4.98 Å². The van der Waals surface area contributed by atoms with E-state index in [1.54, 1.807) is 31.6 Å². The molecule has 172 valence electrons. The van der Waals surface area contributed by atoms with E-state index in [0.717, 1.165) is 11.1 Å². The van der Waals surface area contributed by atoms with Gasteiger partial charge in [-0.3, -0.25) is 14.9 Å². The lowest BCUT2D eigenvalue weighted by Crippen LogP contribution is -2.09. The summed E-state index contributed by atoms with van der Waals surface area (Å²) in [5, 5.41) is 4.82. The van der Waals surface area contributed by atoms with E-state index < -0.39 is 0 Å². The highest BCUT2D eigenvalue weighted by Crippen LogP contribution is 2.37. The Bertz CT molecular complexity index is 1130. The maximum absolute atomic E-state index is 12.3. The molecule has 3 aromatic rings. The minimum absolute atomic E-state index is 0.0720. The number of thiazole rings is 1. The molecular formula is C24H23BrN2O5S. The number of benzene rings is 2. The second-order valence-electron chi connectivity index (χ2n) is 6.76. The van der Waals surface area contributed by atoms with Crippen molar-refractivity contribution in [3.05, 3.63) is 75.2 Å². The molecule has 1 amide bonds. The second-order valence-corrected chi connectivity index (χ2v) is 8.47. The summed E-state index contributed by atoms with van der Waals surface area (Å²) >= 11 is 4.77. The third kappa shape index (κ3) is 7.44. The van der Waals surface area contributed by atoms with E-state index in [0.29, 0.717) is 40.0 Å². The van der Waals surface area contributed by atoms with Crippen molar-refractivity contribution in [1.29, 1.82) is 0 Å². The molecule has 0 unspecified atom stereocenters. The molecule has 0 atom stereocenters. The molecule has 7 nitrogen and oxygen atoms in total. The third-order valence-corrected chi connectivity index (χ3v) is 5.71. The van der Waals surface area contributed by atoms with E-state index in [4.69, 9.17) is 14.2 Å². The number of hydrogen-bond donors (Lipinski definition) is 1. The summed E-state index contributed by atoms with van der Waals surface area (Å²) in [6.07, 6.45) is 3.14. The van der Waals surface area contributed by atoms with Crippen LogP contribution in [0.4, 0.5) is 5.13 Å². The van der Waals surface area contributed by atoms with E-state index in [1.807, 2.05) is 36.4 Å². The van der Waals surface area contributed by atoms with Crippen molar-refractivity contribution in [2.45, 2.75) is 20.0 Å². The number of aromatic nitrogens is 1. The van der Waals surface area contributed by atoms with Crippen molar-refractivity contribution in [3.63, 3.8) is 0 Å². The Morgan fingerprint density at radius 1 is 1.21 bits per heavy atom. The van der Waals surface area contributed by atoms with Crippen LogP contribution in [0.25, 0.3) is 6.08 Å². The van der Waals surface area contributed by atoms with E-state index in [2.05, 4.69) is 26.2 Å². The smallest absolute Gasteiger partial charge is 0.311 e. The number of halogens is 1. The molecule has 9 heteroatoms. The summed E-state index contributed by atoms with van der Waals surface area (Å²) in [6, 6.07) is 13.5. The molecule has 0 radical (unpaired) electrons. The zero-order valence-corrected chi connectivity index (χ0v) is 20.6. The number of rotatable bonds is 10. The van der Waals surface area contributed by atoms with Gasteiger partial charge in [0, 0.05) is 11.5 Å². The first-order chi connectivity index (χ1) is 16.0. The summed E-state index contributed by atoms with van der Waals surface area (Å²) in [5.41, 5.74) is 2.35. The molecule has 0 aliphatic rings. The van der Waals surface area contributed by atoms with Crippen molar-refractivity contribution >= 4 is 50.4 Å². The van der Waals surface area contributed by atoms with Crippen molar-refractivity contribution < 1.29 is 23.8 Å². The Morgan fingerprint density at radius 3 is 2.73 bits per heavy atom. The van der Waals surface area contributed by atoms with Crippen LogP contribution in [0, 0.1) is 0 Å². The summed E-state index contributed by atoms with van der Waals surface area (Å²) < 4.78 is 17.0. The van der Waals surface area contributed by atoms with Crippen LogP contribution in [0.1, 0.15) is 23.7 Å². The summed E-state index contributed by atoms with van der Waals surface area (Å²) in [6.45, 7) is 2.47. The number of anilines is 1. The Hall–Kier alpha value is -3.17. The number of carbonyl (C=O) groups is 2. The molecular weight excluding hydrogens is 508 g/mol. The van der Waals surface area contributed by atoms with Gasteiger partial charge < -0.3 is 14.2 Å². The number of ether oxygens (including phenoxy) is 3. The minimum atomic E-state index is -0.351. The van der Waals surface area contributed by atoms with Crippen LogP contribution in [0.15, 0.2) is 58.4 Å². The van der Waals surface area contributed by atoms with Gasteiger partial charge in [-0.15, -0.1) is 11.3 Å². The number of nitrogens with one attached hydrogen (secondary N) is 1. The van der Waals surface area contributed by atoms with Crippen LogP contribution in [0.3, 0.4) is 0 Å². The van der Waals surface area contributed by atoms with Gasteiger partial charge in [0.15, 0.2) is 16.6 Å². The second kappa shape index (κ2) is 12.2. The summed E-state index contributed by atoms with van der Waals surface area (Å²) in [4.78, 5) is 28.1. The van der Waals surface area contributed by atoms with Gasteiger partial charge in [0.05, 0.1) is 30.3 Å². The van der Waals surface area contributed by atoms with Gasteiger partial charge in [0.25, 0.3) is 0 Å². The predicted molar refractivity (Wildman–Crippen MR) is 132 cm³/mol. The van der Waals surface area contributed by atoms with Crippen LogP contribution in [0.5, 0.6) is 11.5 Å². The van der Waals surface area contributed by atoms with Gasteiger partial charge in [-0.05, 0) is 52.2 Å². The van der Waals surface area contributed by atoms with E-state index in [9.17, 15) is 9.59 Å². The van der Waals surface area contributed by atoms with Gasteiger partial charge in [0.2, 0.25) is 5.91 Å². The van der Waals surface area contributed by atoms with E-state index >= 15 is 0 Å². The highest BCUT2D eigenvalue weighted by Gasteiger charge is 2.12. The Morgan fingerprint density at radius 2 is 2.00 bits per heavy atom. The average Bonchev–Trinajstić information content (AvgIpc) is 3.23. The minimum Gasteiger partial charge on any atom is -0.493 e. The zero-order chi connectivity index (χ0) is 23.6. The molecule has 0 spiro atoms. The maximum atomic E-state index is 12.3. The molecule has 2 aromatic carbocycles. The molecule has 0 aliphatic heterocycles. The molecule has 0 saturated carbocycles. The van der Waals surface area contributed by atoms with Crippen molar-refractivity contribution in [2.75, 3.05) is 19.0 Å². The molecule has 3 rings (SSSR count). The van der Waals surface area contributed by atoms with Gasteiger partial charge >= 0.3 is 5.97 Å². The molecule has 1 N–H and O–H groups in total. The van der Waals surface area contributed by atoms with Crippen LogP contribution in [-0.4, -0.2) is 30.6 Å². The maximum Gasteiger partial charge on any atom is 0.311 e. The zero-order valence-electron chi connectivity index (χ0n) is 18.2. The number of amides is 1. The molecule has 1 aromatic heterocycles. The highest BCUT2D eigenvalue weighted by atomic mass is 79.9. The van der Waals surface area contributed by atoms with Crippen molar-refractivity contribution in [1.82, 2.24) is 4.98 Å². The Balaban J connectivity index is 1.62. The molecule has 1 heterocycles. The van der Waals surface area contributed by atoms with Gasteiger partial charge in [0.1, 0.15) is 6.61 Å². The first-order valence-electron chi connectivity index (χ1n) is 10.1. The fraction of sp³-hybridized carbons (Fsp3) is 0.208. The van der Waals surface area contributed by atoms with Crippen LogP contribution < -0.4 is 14.8 Å². The number of methoxy groups -OCH3 is 1. The first kappa shape index (κ1) is 24.5. The first-order valence-corrected chi connectivity index (χ1v) is 11.8. The Labute approximate surface area is 204 Å². The molecule has 0 saturated heterocycles. The topological polar surface area (TPSA) is 86.8 Å². The largest absolute Gasteiger partial charge is 0.493 e. The van der Waals surface area contributed by atoms with Crippen LogP contribution >= 0.6 is 27.3 Å². The number of esters is 1. The van der Waals surface area contributed by atoms with Crippen molar-refractivity contribution in [2.24, 2.45) is 0 Å². The summed E-state index contributed by atoms with van der Waals surface area (Å²) in [7, 11) is 1.56. The number of carbonyl (C=O) groups excluding carboxylic acids is 2. The number of nitrogens with zero attached hydrogens (tertiary/aromatic N) is 1. The van der Waals surface area contributed by atoms with Gasteiger partial charge in [-0.1, -0.05) is 30.3 Å². The lowest BCUT2D eigenvalue weighted by molar-refractivity contribution is -0.142. The highest BCUT2D eigenvalue weighted by molar-refractivity contribution is 9.10. The molecule has 33 heavy (non-hydrogen) atoms. The van der Waals surface area contributed by atoms with Crippen molar-refractivity contribution in [3.8, 4) is 11.5 Å². The molecule has 0 fully saturated rings. The monoisotopic (exact) mass is 530 g/mol. The standard InChI is InChI=1S/C24H23BrN2O5S/c1-3-31-22(29)13-18-15-33-24(26-18)27-21(28)10-9-17-11-19(25)23(20(12-17)30-2)32-14-16-7-5-4-6-8-16/h4-12,15H,3,13-14H2,1-2H3,(H,26,27,28). The average molecular weight is 531 g/mol. The van der Waals surface area contributed by atoms with Crippen LogP contribution in [0.2, 0.25) is 0 Å². The fourth-order valence-electron chi connectivity index (χ4n) is 2.83. The predicted octanol–water partition coefficient (Wildman–Crippen LogP) is 5.25. The third-order valence-electron chi connectivity index (χ3n) is 4.32. The fourth-order valence-corrected chi connectivity index (χ4v) is 4.12. The van der Waals surface area contributed by atoms with E-state index in [1.165, 1.54) is 17.4 Å². The summed E-state index contributed by atoms with van der Waals surface area (Å²) in [5.74, 6) is 0.437. The quantitative estimate of drug-likeness (QED) is 0.284. The lowest BCUT2D eigenvalue weighted by Gasteiger charge is -2.13. The normalized spacial score (nSPS) is 10.8. The van der Waals surface area contributed by atoms with Gasteiger partial charge in [-0.2, -0.15) is 0 Å². The number of hydrogen-bond acceptors (Lipinski definition) is 7. The Kier molecular flexibility index (Phi) is 9.03. The van der Waals surface area contributed by atoms with E-state index in [-0.39, 0.29) is 18.3 Å². The lowest BCUT2D eigenvalue weighted by atomic mass is 10.2.